The van der Waals surface area contributed by atoms with Gasteiger partial charge in [-0.05, 0) is 46.1 Å². The first-order valence-corrected chi connectivity index (χ1v) is 8.24. The highest BCUT2D eigenvalue weighted by molar-refractivity contribution is 9.10. The highest BCUT2D eigenvalue weighted by Gasteiger charge is 2.20. The van der Waals surface area contributed by atoms with Gasteiger partial charge in [0.2, 0.25) is 0 Å². The summed E-state index contributed by atoms with van der Waals surface area (Å²) in [6.45, 7) is 1.37. The summed E-state index contributed by atoms with van der Waals surface area (Å²) in [5.74, 6) is -0.851. The Bertz CT molecular complexity index is 955. The normalized spacial score (nSPS) is 13.8. The van der Waals surface area contributed by atoms with Gasteiger partial charge in [0.25, 0.3) is 5.91 Å². The number of carbonyl (C=O) groups excluding carboxylic acids is 1. The number of aromatic amines is 1. The number of amides is 1. The lowest BCUT2D eigenvalue weighted by molar-refractivity contribution is 0.102. The van der Waals surface area contributed by atoms with E-state index in [0.29, 0.717) is 34.0 Å². The average molecular weight is 390 g/mol. The molecule has 3 heterocycles. The third kappa shape index (κ3) is 2.47. The fourth-order valence-electron chi connectivity index (χ4n) is 2.91. The molecule has 0 fully saturated rings. The van der Waals surface area contributed by atoms with Gasteiger partial charge in [0.1, 0.15) is 23.5 Å². The fourth-order valence-corrected chi connectivity index (χ4v) is 3.40. The number of fused-ring (bicyclic) bond motifs is 2. The van der Waals surface area contributed by atoms with Gasteiger partial charge in [-0.25, -0.2) is 14.4 Å². The molecule has 3 aromatic rings. The van der Waals surface area contributed by atoms with Crippen molar-refractivity contribution in [2.45, 2.75) is 13.0 Å². The number of hydrogen-bond donors (Lipinski definition) is 3. The van der Waals surface area contributed by atoms with E-state index in [-0.39, 0.29) is 17.2 Å². The summed E-state index contributed by atoms with van der Waals surface area (Å²) in [6.07, 6.45) is 3.59. The van der Waals surface area contributed by atoms with Gasteiger partial charge in [0.15, 0.2) is 0 Å². The average Bonchev–Trinajstić information content (AvgIpc) is 2.99. The Labute approximate surface area is 145 Å². The molecule has 8 heteroatoms. The van der Waals surface area contributed by atoms with Crippen molar-refractivity contribution in [1.29, 1.82) is 0 Å². The van der Waals surface area contributed by atoms with Crippen molar-refractivity contribution in [2.75, 3.05) is 11.9 Å². The lowest BCUT2D eigenvalue weighted by Crippen LogP contribution is -2.25. The fraction of sp³-hybridized carbons (Fsp3) is 0.188. The molecule has 0 saturated carbocycles. The standard InChI is InChI=1S/C16H13BrFN5O/c17-10-6-20-15-12(10)14(21-7-22-15)16(24)23-11-2-1-8-5-19-4-3-9(8)13(11)18/h1-2,6-7,19H,3-5H2,(H,23,24)(H,20,21,22). The zero-order valence-electron chi connectivity index (χ0n) is 12.5. The van der Waals surface area contributed by atoms with Gasteiger partial charge in [0.05, 0.1) is 11.1 Å². The number of nitrogens with zero attached hydrogens (tertiary/aromatic N) is 2. The van der Waals surface area contributed by atoms with Crippen molar-refractivity contribution in [3.63, 3.8) is 0 Å². The van der Waals surface area contributed by atoms with E-state index < -0.39 is 5.91 Å². The summed E-state index contributed by atoms with van der Waals surface area (Å²) in [6, 6.07) is 3.42. The maximum Gasteiger partial charge on any atom is 0.275 e. The van der Waals surface area contributed by atoms with Crippen LogP contribution in [0.4, 0.5) is 10.1 Å². The van der Waals surface area contributed by atoms with E-state index >= 15 is 0 Å². The molecule has 1 amide bonds. The maximum absolute atomic E-state index is 14.7. The molecule has 1 aliphatic rings. The molecule has 0 aliphatic carbocycles. The molecule has 122 valence electrons. The van der Waals surface area contributed by atoms with Crippen LogP contribution in [-0.2, 0) is 13.0 Å². The van der Waals surface area contributed by atoms with Gasteiger partial charge in [-0.3, -0.25) is 4.79 Å². The van der Waals surface area contributed by atoms with E-state index in [1.165, 1.54) is 6.33 Å². The molecule has 6 nitrogen and oxygen atoms in total. The molecular formula is C16H13BrFN5O. The van der Waals surface area contributed by atoms with Gasteiger partial charge < -0.3 is 15.6 Å². The molecule has 0 unspecified atom stereocenters. The largest absolute Gasteiger partial charge is 0.345 e. The monoisotopic (exact) mass is 389 g/mol. The minimum absolute atomic E-state index is 0.166. The molecule has 0 atom stereocenters. The molecule has 4 rings (SSSR count). The number of hydrogen-bond acceptors (Lipinski definition) is 4. The Morgan fingerprint density at radius 1 is 1.33 bits per heavy atom. The minimum atomic E-state index is -0.476. The number of H-pyrrole nitrogens is 1. The number of rotatable bonds is 2. The van der Waals surface area contributed by atoms with E-state index in [0.717, 1.165) is 12.1 Å². The van der Waals surface area contributed by atoms with E-state index in [1.54, 1.807) is 12.3 Å². The summed E-state index contributed by atoms with van der Waals surface area (Å²) >= 11 is 3.36. The SMILES string of the molecule is O=C(Nc1ccc2c(c1F)CCNC2)c1ncnc2[nH]cc(Br)c12. The van der Waals surface area contributed by atoms with Gasteiger partial charge in [-0.1, -0.05) is 6.07 Å². The highest BCUT2D eigenvalue weighted by atomic mass is 79.9. The van der Waals surface area contributed by atoms with Gasteiger partial charge in [-0.15, -0.1) is 0 Å². The summed E-state index contributed by atoms with van der Waals surface area (Å²) in [5.41, 5.74) is 2.47. The van der Waals surface area contributed by atoms with Crippen LogP contribution in [0.2, 0.25) is 0 Å². The summed E-state index contributed by atoms with van der Waals surface area (Å²) in [7, 11) is 0. The van der Waals surface area contributed by atoms with Crippen molar-refractivity contribution in [3.8, 4) is 0 Å². The van der Waals surface area contributed by atoms with Gasteiger partial charge in [-0.2, -0.15) is 0 Å². The van der Waals surface area contributed by atoms with Crippen molar-refractivity contribution in [3.05, 3.63) is 51.8 Å². The first kappa shape index (κ1) is 15.2. The number of carbonyl (C=O) groups is 1. The Morgan fingerprint density at radius 2 is 2.21 bits per heavy atom. The summed E-state index contributed by atoms with van der Waals surface area (Å²) < 4.78 is 15.4. The zero-order chi connectivity index (χ0) is 16.7. The molecule has 0 bridgehead atoms. The molecule has 2 aromatic heterocycles. The van der Waals surface area contributed by atoms with Crippen LogP contribution in [0.15, 0.2) is 29.1 Å². The number of halogens is 2. The molecule has 3 N–H and O–H groups in total. The topological polar surface area (TPSA) is 82.7 Å². The van der Waals surface area contributed by atoms with Crippen LogP contribution in [-0.4, -0.2) is 27.4 Å². The number of aromatic nitrogens is 3. The van der Waals surface area contributed by atoms with Crippen molar-refractivity contribution in [2.24, 2.45) is 0 Å². The van der Waals surface area contributed by atoms with E-state index in [4.69, 9.17) is 0 Å². The second kappa shape index (κ2) is 5.95. The van der Waals surface area contributed by atoms with Gasteiger partial charge >= 0.3 is 0 Å². The van der Waals surface area contributed by atoms with E-state index in [2.05, 4.69) is 41.5 Å². The van der Waals surface area contributed by atoms with Crippen LogP contribution in [0, 0.1) is 5.82 Å². The quantitative estimate of drug-likeness (QED) is 0.629. The Kier molecular flexibility index (Phi) is 3.78. The molecule has 0 radical (unpaired) electrons. The molecule has 24 heavy (non-hydrogen) atoms. The van der Waals surface area contributed by atoms with Crippen LogP contribution < -0.4 is 10.6 Å². The lowest BCUT2D eigenvalue weighted by atomic mass is 9.99. The molecule has 0 spiro atoms. The highest BCUT2D eigenvalue weighted by Crippen LogP contribution is 2.27. The number of anilines is 1. The van der Waals surface area contributed by atoms with E-state index in [1.807, 2.05) is 6.07 Å². The molecular weight excluding hydrogens is 377 g/mol. The van der Waals surface area contributed by atoms with E-state index in [9.17, 15) is 9.18 Å². The maximum atomic E-state index is 14.7. The Morgan fingerprint density at radius 3 is 3.08 bits per heavy atom. The molecule has 1 aliphatic heterocycles. The molecule has 0 saturated heterocycles. The minimum Gasteiger partial charge on any atom is -0.345 e. The Balaban J connectivity index is 1.70. The number of nitrogens with one attached hydrogen (secondary N) is 3. The van der Waals surface area contributed by atoms with Crippen LogP contribution >= 0.6 is 15.9 Å². The predicted molar refractivity (Wildman–Crippen MR) is 91.4 cm³/mol. The first-order valence-electron chi connectivity index (χ1n) is 7.45. The van der Waals surface area contributed by atoms with Crippen LogP contribution in [0.25, 0.3) is 11.0 Å². The van der Waals surface area contributed by atoms with Crippen molar-refractivity contribution < 1.29 is 9.18 Å². The second-order valence-electron chi connectivity index (χ2n) is 5.53. The van der Waals surface area contributed by atoms with Crippen molar-refractivity contribution in [1.82, 2.24) is 20.3 Å². The third-order valence-electron chi connectivity index (χ3n) is 4.09. The lowest BCUT2D eigenvalue weighted by Gasteiger charge is -2.19. The smallest absolute Gasteiger partial charge is 0.275 e. The first-order chi connectivity index (χ1) is 11.6. The third-order valence-corrected chi connectivity index (χ3v) is 4.72. The predicted octanol–water partition coefficient (Wildman–Crippen LogP) is 2.76. The van der Waals surface area contributed by atoms with Crippen molar-refractivity contribution >= 4 is 38.6 Å². The number of benzene rings is 1. The van der Waals surface area contributed by atoms with Gasteiger partial charge in [0, 0.05) is 17.2 Å². The Hall–Kier alpha value is -2.32. The van der Waals surface area contributed by atoms with Crippen LogP contribution in [0.5, 0.6) is 0 Å². The second-order valence-corrected chi connectivity index (χ2v) is 6.38. The summed E-state index contributed by atoms with van der Waals surface area (Å²) in [4.78, 5) is 23.6. The summed E-state index contributed by atoms with van der Waals surface area (Å²) in [5, 5.41) is 6.39. The zero-order valence-corrected chi connectivity index (χ0v) is 14.1. The molecule has 1 aromatic carbocycles. The van der Waals surface area contributed by atoms with Crippen LogP contribution in [0.3, 0.4) is 0 Å². The van der Waals surface area contributed by atoms with Crippen LogP contribution in [0.1, 0.15) is 21.6 Å².